The van der Waals surface area contributed by atoms with Gasteiger partial charge < -0.3 is 9.47 Å². The summed E-state index contributed by atoms with van der Waals surface area (Å²) in [4.78, 5) is 44.1. The SMILES string of the molecule is CC1Cc2ccccc2N1C(=O)Cn1c(=O)c2c(ncn2C)n(C)c1=O. The normalized spacial score (nSPS) is 16.3. The number of nitrogens with zero attached hydrogens (tertiary/aromatic N) is 5. The number of hydrogen-bond acceptors (Lipinski definition) is 4. The number of carbonyl (C=O) groups is 1. The molecule has 0 fully saturated rings. The summed E-state index contributed by atoms with van der Waals surface area (Å²) in [5.41, 5.74) is 1.50. The van der Waals surface area contributed by atoms with Gasteiger partial charge in [-0.25, -0.2) is 14.3 Å². The second-order valence-corrected chi connectivity index (χ2v) is 6.71. The van der Waals surface area contributed by atoms with Crippen molar-refractivity contribution < 1.29 is 4.79 Å². The van der Waals surface area contributed by atoms with E-state index >= 15 is 0 Å². The van der Waals surface area contributed by atoms with Crippen LogP contribution in [0, 0.1) is 0 Å². The minimum Gasteiger partial charge on any atom is -0.328 e. The number of fused-ring (bicyclic) bond motifs is 2. The number of aryl methyl sites for hydroxylation is 2. The minimum absolute atomic E-state index is 0.0140. The molecule has 8 nitrogen and oxygen atoms in total. The summed E-state index contributed by atoms with van der Waals surface area (Å²) in [6, 6.07) is 7.69. The van der Waals surface area contributed by atoms with Gasteiger partial charge in [0.25, 0.3) is 5.56 Å². The molecule has 1 aromatic carbocycles. The minimum atomic E-state index is -0.547. The Morgan fingerprint density at radius 2 is 1.96 bits per heavy atom. The van der Waals surface area contributed by atoms with Crippen molar-refractivity contribution in [2.24, 2.45) is 14.1 Å². The second-order valence-electron chi connectivity index (χ2n) is 6.71. The number of para-hydroxylation sites is 1. The number of imidazole rings is 1. The molecule has 1 amide bonds. The standard InChI is InChI=1S/C18H19N5O3/c1-11-8-12-6-4-5-7-13(12)23(11)14(24)9-22-17(25)15-16(19-10-20(15)2)21(3)18(22)26/h4-7,10-11H,8-9H2,1-3H3. The van der Waals surface area contributed by atoms with E-state index in [4.69, 9.17) is 0 Å². The Labute approximate surface area is 148 Å². The zero-order valence-corrected chi connectivity index (χ0v) is 14.8. The number of carbonyl (C=O) groups excluding carboxylic acids is 1. The first-order valence-corrected chi connectivity index (χ1v) is 8.41. The molecular weight excluding hydrogens is 334 g/mol. The van der Waals surface area contributed by atoms with E-state index in [9.17, 15) is 14.4 Å². The summed E-state index contributed by atoms with van der Waals surface area (Å²) in [7, 11) is 3.23. The molecular formula is C18H19N5O3. The molecule has 0 saturated heterocycles. The zero-order chi connectivity index (χ0) is 18.6. The van der Waals surface area contributed by atoms with Crippen molar-refractivity contribution in [3.8, 4) is 0 Å². The van der Waals surface area contributed by atoms with Crippen molar-refractivity contribution >= 4 is 22.8 Å². The molecule has 1 aliphatic rings. The molecule has 8 heteroatoms. The highest BCUT2D eigenvalue weighted by molar-refractivity contribution is 5.96. The van der Waals surface area contributed by atoms with E-state index in [0.717, 1.165) is 22.2 Å². The zero-order valence-electron chi connectivity index (χ0n) is 14.8. The largest absolute Gasteiger partial charge is 0.332 e. The van der Waals surface area contributed by atoms with E-state index in [1.54, 1.807) is 23.6 Å². The van der Waals surface area contributed by atoms with Gasteiger partial charge in [0.15, 0.2) is 11.2 Å². The molecule has 3 heterocycles. The van der Waals surface area contributed by atoms with Gasteiger partial charge in [-0.15, -0.1) is 0 Å². The van der Waals surface area contributed by atoms with Crippen LogP contribution in [0.4, 0.5) is 5.69 Å². The first-order chi connectivity index (χ1) is 12.4. The van der Waals surface area contributed by atoms with Gasteiger partial charge >= 0.3 is 5.69 Å². The highest BCUT2D eigenvalue weighted by Crippen LogP contribution is 2.31. The third-order valence-electron chi connectivity index (χ3n) is 4.97. The number of hydrogen-bond donors (Lipinski definition) is 0. The molecule has 0 saturated carbocycles. The number of aromatic nitrogens is 4. The third-order valence-corrected chi connectivity index (χ3v) is 4.97. The fourth-order valence-electron chi connectivity index (χ4n) is 3.69. The fourth-order valence-corrected chi connectivity index (χ4v) is 3.69. The molecule has 0 bridgehead atoms. The van der Waals surface area contributed by atoms with Crippen molar-refractivity contribution in [1.82, 2.24) is 18.7 Å². The van der Waals surface area contributed by atoms with Crippen molar-refractivity contribution in [1.29, 1.82) is 0 Å². The predicted octanol–water partition coefficient (Wildman–Crippen LogP) is 0.412. The summed E-state index contributed by atoms with van der Waals surface area (Å²) in [5, 5.41) is 0. The Bertz CT molecular complexity index is 1150. The van der Waals surface area contributed by atoms with Crippen LogP contribution >= 0.6 is 0 Å². The summed E-state index contributed by atoms with van der Waals surface area (Å²) in [6.07, 6.45) is 2.24. The number of rotatable bonds is 2. The van der Waals surface area contributed by atoms with E-state index in [1.165, 1.54) is 10.9 Å². The van der Waals surface area contributed by atoms with Gasteiger partial charge in [0.05, 0.1) is 6.33 Å². The molecule has 2 aromatic heterocycles. The van der Waals surface area contributed by atoms with Gasteiger partial charge in [0.2, 0.25) is 5.91 Å². The Hall–Kier alpha value is -3.16. The molecule has 0 spiro atoms. The van der Waals surface area contributed by atoms with Gasteiger partial charge in [0.1, 0.15) is 6.54 Å². The van der Waals surface area contributed by atoms with E-state index in [1.807, 2.05) is 31.2 Å². The van der Waals surface area contributed by atoms with Crippen molar-refractivity contribution in [3.05, 3.63) is 57.0 Å². The van der Waals surface area contributed by atoms with Crippen LogP contribution in [0.2, 0.25) is 0 Å². The monoisotopic (exact) mass is 353 g/mol. The second kappa shape index (κ2) is 5.69. The predicted molar refractivity (Wildman–Crippen MR) is 97.3 cm³/mol. The van der Waals surface area contributed by atoms with Crippen LogP contribution < -0.4 is 16.1 Å². The molecule has 0 radical (unpaired) electrons. The maximum atomic E-state index is 13.0. The lowest BCUT2D eigenvalue weighted by Crippen LogP contribution is -2.46. The fraction of sp³-hybridized carbons (Fsp3) is 0.333. The van der Waals surface area contributed by atoms with E-state index in [-0.39, 0.29) is 18.5 Å². The van der Waals surface area contributed by atoms with Crippen LogP contribution in [0.3, 0.4) is 0 Å². The topological polar surface area (TPSA) is 82.1 Å². The molecule has 4 rings (SSSR count). The number of anilines is 1. The van der Waals surface area contributed by atoms with Crippen LogP contribution in [0.25, 0.3) is 11.2 Å². The molecule has 1 aliphatic heterocycles. The van der Waals surface area contributed by atoms with Crippen LogP contribution in [0.1, 0.15) is 12.5 Å². The van der Waals surface area contributed by atoms with E-state index in [2.05, 4.69) is 4.98 Å². The van der Waals surface area contributed by atoms with Crippen LogP contribution in [0.15, 0.2) is 40.2 Å². The summed E-state index contributed by atoms with van der Waals surface area (Å²) >= 11 is 0. The summed E-state index contributed by atoms with van der Waals surface area (Å²) in [5.74, 6) is -0.275. The molecule has 0 N–H and O–H groups in total. The number of amides is 1. The lowest BCUT2D eigenvalue weighted by atomic mass is 10.1. The average molecular weight is 353 g/mol. The van der Waals surface area contributed by atoms with E-state index < -0.39 is 11.2 Å². The van der Waals surface area contributed by atoms with Crippen molar-refractivity contribution in [3.63, 3.8) is 0 Å². The first kappa shape index (κ1) is 16.3. The van der Waals surface area contributed by atoms with Crippen molar-refractivity contribution in [2.45, 2.75) is 25.9 Å². The average Bonchev–Trinajstić information content (AvgIpc) is 3.16. The van der Waals surface area contributed by atoms with Gasteiger partial charge in [-0.3, -0.25) is 14.2 Å². The van der Waals surface area contributed by atoms with Gasteiger partial charge in [-0.1, -0.05) is 18.2 Å². The van der Waals surface area contributed by atoms with Crippen LogP contribution in [-0.4, -0.2) is 30.6 Å². The molecule has 3 aromatic rings. The summed E-state index contributed by atoms with van der Waals surface area (Å²) < 4.78 is 3.84. The Morgan fingerprint density at radius 3 is 2.73 bits per heavy atom. The van der Waals surface area contributed by atoms with E-state index in [0.29, 0.717) is 11.2 Å². The Balaban J connectivity index is 1.79. The molecule has 134 valence electrons. The smallest absolute Gasteiger partial charge is 0.328 e. The summed E-state index contributed by atoms with van der Waals surface area (Å²) in [6.45, 7) is 1.66. The molecule has 1 unspecified atom stereocenters. The van der Waals surface area contributed by atoms with Gasteiger partial charge in [-0.05, 0) is 25.0 Å². The maximum absolute atomic E-state index is 13.0. The highest BCUT2D eigenvalue weighted by atomic mass is 16.2. The number of benzene rings is 1. The lowest BCUT2D eigenvalue weighted by Gasteiger charge is -2.23. The quantitative estimate of drug-likeness (QED) is 0.668. The Morgan fingerprint density at radius 1 is 1.23 bits per heavy atom. The third kappa shape index (κ3) is 2.22. The van der Waals surface area contributed by atoms with Crippen LogP contribution in [0.5, 0.6) is 0 Å². The van der Waals surface area contributed by atoms with Gasteiger partial charge in [-0.2, -0.15) is 0 Å². The molecule has 0 aliphatic carbocycles. The molecule has 1 atom stereocenters. The Kier molecular flexibility index (Phi) is 3.57. The van der Waals surface area contributed by atoms with Crippen LogP contribution in [-0.2, 0) is 31.9 Å². The lowest BCUT2D eigenvalue weighted by molar-refractivity contribution is -0.119. The molecule has 26 heavy (non-hydrogen) atoms. The van der Waals surface area contributed by atoms with Crippen molar-refractivity contribution in [2.75, 3.05) is 4.90 Å². The van der Waals surface area contributed by atoms with Gasteiger partial charge in [0, 0.05) is 25.8 Å². The maximum Gasteiger partial charge on any atom is 0.332 e. The first-order valence-electron chi connectivity index (χ1n) is 8.41. The highest BCUT2D eigenvalue weighted by Gasteiger charge is 2.31.